The van der Waals surface area contributed by atoms with Gasteiger partial charge in [-0.05, 0) is 64.2 Å². The molecule has 1 N–H and O–H groups in total. The van der Waals surface area contributed by atoms with Crippen molar-refractivity contribution in [2.24, 2.45) is 0 Å². The minimum atomic E-state index is -0.794. The second-order valence-corrected chi connectivity index (χ2v) is 14.7. The summed E-state index contributed by atoms with van der Waals surface area (Å²) in [7, 11) is 0. The Bertz CT molecular complexity index is 873. The Morgan fingerprint density at radius 1 is 0.462 bits per heavy atom. The van der Waals surface area contributed by atoms with Gasteiger partial charge in [-0.15, -0.1) is 0 Å². The summed E-state index contributed by atoms with van der Waals surface area (Å²) in [5.41, 5.74) is 0. The van der Waals surface area contributed by atoms with Gasteiger partial charge in [-0.25, -0.2) is 0 Å². The van der Waals surface area contributed by atoms with Gasteiger partial charge >= 0.3 is 11.9 Å². The molecule has 1 atom stereocenters. The van der Waals surface area contributed by atoms with Crippen molar-refractivity contribution in [2.45, 2.75) is 225 Å². The van der Waals surface area contributed by atoms with E-state index in [-0.39, 0.29) is 25.2 Å². The number of esters is 2. The number of aliphatic hydroxyl groups is 1. The largest absolute Gasteiger partial charge is 0.462 e. The fraction of sp³-hybridized carbons (Fsp3) is 0.787. The maximum Gasteiger partial charge on any atom is 0.306 e. The lowest BCUT2D eigenvalue weighted by atomic mass is 10.0. The van der Waals surface area contributed by atoms with Crippen LogP contribution in [0.3, 0.4) is 0 Å². The Balaban J connectivity index is 3.55. The second kappa shape index (κ2) is 43.3. The highest BCUT2D eigenvalue weighted by Gasteiger charge is 2.16. The summed E-state index contributed by atoms with van der Waals surface area (Å²) in [5, 5.41) is 9.57. The fourth-order valence-electron chi connectivity index (χ4n) is 6.28. The lowest BCUT2D eigenvalue weighted by Crippen LogP contribution is -2.28. The molecule has 5 heteroatoms. The molecule has 0 fully saturated rings. The Labute approximate surface area is 322 Å². The summed E-state index contributed by atoms with van der Waals surface area (Å²) in [5.74, 6) is -0.645. The molecule has 0 unspecified atom stereocenters. The molecular formula is C47H84O5. The number of aliphatic hydroxyl groups excluding tert-OH is 1. The topological polar surface area (TPSA) is 72.8 Å². The smallest absolute Gasteiger partial charge is 0.306 e. The van der Waals surface area contributed by atoms with E-state index in [1.807, 2.05) is 0 Å². The minimum absolute atomic E-state index is 0.0860. The molecule has 0 aromatic rings. The summed E-state index contributed by atoms with van der Waals surface area (Å²) in [6.45, 7) is 4.00. The molecule has 0 aliphatic carbocycles. The van der Waals surface area contributed by atoms with E-state index in [0.717, 1.165) is 70.6 Å². The second-order valence-electron chi connectivity index (χ2n) is 14.7. The Morgan fingerprint density at radius 2 is 0.846 bits per heavy atom. The third-order valence-electron chi connectivity index (χ3n) is 9.61. The zero-order chi connectivity index (χ0) is 37.8. The minimum Gasteiger partial charge on any atom is -0.462 e. The van der Waals surface area contributed by atoms with Gasteiger partial charge in [0.25, 0.3) is 0 Å². The van der Waals surface area contributed by atoms with Crippen molar-refractivity contribution in [1.82, 2.24) is 0 Å². The summed E-state index contributed by atoms with van der Waals surface area (Å²) >= 11 is 0. The zero-order valence-corrected chi connectivity index (χ0v) is 34.3. The first kappa shape index (κ1) is 49.9. The number of rotatable bonds is 40. The van der Waals surface area contributed by atoms with Crippen LogP contribution >= 0.6 is 0 Å². The van der Waals surface area contributed by atoms with Gasteiger partial charge < -0.3 is 14.6 Å². The number of hydrogen-bond acceptors (Lipinski definition) is 5. The molecule has 0 spiro atoms. The van der Waals surface area contributed by atoms with E-state index < -0.39 is 6.10 Å². The molecule has 0 aliphatic heterocycles. The predicted molar refractivity (Wildman–Crippen MR) is 224 cm³/mol. The van der Waals surface area contributed by atoms with E-state index >= 15 is 0 Å². The number of allylic oxidation sites excluding steroid dienone is 8. The van der Waals surface area contributed by atoms with E-state index in [0.29, 0.717) is 12.8 Å². The third-order valence-corrected chi connectivity index (χ3v) is 9.61. The molecule has 0 saturated heterocycles. The molecule has 0 amide bonds. The lowest BCUT2D eigenvalue weighted by Gasteiger charge is -2.15. The quantitative estimate of drug-likeness (QED) is 0.0386. The van der Waals surface area contributed by atoms with Gasteiger partial charge in [0.2, 0.25) is 0 Å². The monoisotopic (exact) mass is 729 g/mol. The molecule has 0 bridgehead atoms. The first-order valence-electron chi connectivity index (χ1n) is 22.2. The summed E-state index contributed by atoms with van der Waals surface area (Å²) in [6, 6.07) is 0. The van der Waals surface area contributed by atoms with Crippen LogP contribution in [0.2, 0.25) is 0 Å². The summed E-state index contributed by atoms with van der Waals surface area (Å²) in [6.07, 6.45) is 54.9. The van der Waals surface area contributed by atoms with Crippen LogP contribution in [-0.4, -0.2) is 36.4 Å². The molecule has 5 nitrogen and oxygen atoms in total. The van der Waals surface area contributed by atoms with E-state index in [1.165, 1.54) is 122 Å². The molecular weight excluding hydrogens is 645 g/mol. The molecule has 52 heavy (non-hydrogen) atoms. The van der Waals surface area contributed by atoms with Crippen LogP contribution in [0.1, 0.15) is 219 Å². The zero-order valence-electron chi connectivity index (χ0n) is 34.3. The SMILES string of the molecule is CC/C=C/C/C=C/C/C=C/CCCCCCCC(=O)OC[C@H](CO)OC(=O)CCC/C=C/CCCCCCCCCCCCCCCCCCCC. The highest BCUT2D eigenvalue weighted by molar-refractivity contribution is 5.70. The lowest BCUT2D eigenvalue weighted by molar-refractivity contribution is -0.161. The van der Waals surface area contributed by atoms with Crippen molar-refractivity contribution in [3.05, 3.63) is 48.6 Å². The van der Waals surface area contributed by atoms with Crippen LogP contribution in [0, 0.1) is 0 Å². The highest BCUT2D eigenvalue weighted by Crippen LogP contribution is 2.15. The molecule has 0 aromatic carbocycles. The average molecular weight is 729 g/mol. The van der Waals surface area contributed by atoms with Crippen molar-refractivity contribution in [3.63, 3.8) is 0 Å². The maximum atomic E-state index is 12.2. The molecule has 0 saturated carbocycles. The van der Waals surface area contributed by atoms with Gasteiger partial charge in [0, 0.05) is 12.8 Å². The van der Waals surface area contributed by atoms with Crippen LogP contribution in [0.4, 0.5) is 0 Å². The Hall–Kier alpha value is -2.14. The van der Waals surface area contributed by atoms with Crippen molar-refractivity contribution < 1.29 is 24.2 Å². The van der Waals surface area contributed by atoms with Crippen molar-refractivity contribution in [2.75, 3.05) is 13.2 Å². The summed E-state index contributed by atoms with van der Waals surface area (Å²) in [4.78, 5) is 24.3. The van der Waals surface area contributed by atoms with Crippen LogP contribution < -0.4 is 0 Å². The normalized spacial score (nSPS) is 12.6. The van der Waals surface area contributed by atoms with E-state index in [1.54, 1.807) is 0 Å². The first-order chi connectivity index (χ1) is 25.6. The number of ether oxygens (including phenoxy) is 2. The Kier molecular flexibility index (Phi) is 41.5. The van der Waals surface area contributed by atoms with E-state index in [9.17, 15) is 14.7 Å². The predicted octanol–water partition coefficient (Wildman–Crippen LogP) is 14.2. The van der Waals surface area contributed by atoms with Crippen LogP contribution in [0.15, 0.2) is 48.6 Å². The van der Waals surface area contributed by atoms with Gasteiger partial charge in [0.15, 0.2) is 6.10 Å². The molecule has 0 radical (unpaired) electrons. The van der Waals surface area contributed by atoms with Crippen molar-refractivity contribution in [3.8, 4) is 0 Å². The van der Waals surface area contributed by atoms with Crippen LogP contribution in [-0.2, 0) is 19.1 Å². The standard InChI is InChI=1S/C47H84O5/c1-3-5-7-9-11-13-15-17-19-20-21-22-23-24-25-26-28-30-32-34-36-38-40-42-47(50)52-45(43-48)44-51-46(49)41-39-37-35-33-31-29-27-18-16-14-12-10-8-6-4-2/h6,8,12,14,18,27,34,36,45,48H,3-5,7,9-11,13,15-17,19-26,28-33,35,37-44H2,1-2H3/b8-6+,14-12+,27-18+,36-34+/t45-/m0/s1. The average Bonchev–Trinajstić information content (AvgIpc) is 3.15. The molecule has 0 aliphatic rings. The fourth-order valence-corrected chi connectivity index (χ4v) is 6.28. The number of carbonyl (C=O) groups excluding carboxylic acids is 2. The van der Waals surface area contributed by atoms with Gasteiger partial charge in [-0.3, -0.25) is 9.59 Å². The van der Waals surface area contributed by atoms with Gasteiger partial charge in [-0.1, -0.05) is 191 Å². The molecule has 0 rings (SSSR count). The molecule has 0 aromatic heterocycles. The van der Waals surface area contributed by atoms with E-state index in [4.69, 9.17) is 9.47 Å². The molecule has 302 valence electrons. The van der Waals surface area contributed by atoms with Crippen LogP contribution in [0.25, 0.3) is 0 Å². The number of unbranched alkanes of at least 4 members (excludes halogenated alkanes) is 24. The third kappa shape index (κ3) is 40.6. The van der Waals surface area contributed by atoms with Crippen molar-refractivity contribution >= 4 is 11.9 Å². The van der Waals surface area contributed by atoms with Gasteiger partial charge in [0.05, 0.1) is 6.61 Å². The van der Waals surface area contributed by atoms with E-state index in [2.05, 4.69) is 62.5 Å². The Morgan fingerprint density at radius 3 is 1.33 bits per heavy atom. The highest BCUT2D eigenvalue weighted by atomic mass is 16.6. The van der Waals surface area contributed by atoms with Gasteiger partial charge in [-0.2, -0.15) is 0 Å². The van der Waals surface area contributed by atoms with Gasteiger partial charge in [0.1, 0.15) is 6.61 Å². The number of carbonyl (C=O) groups is 2. The summed E-state index contributed by atoms with van der Waals surface area (Å²) < 4.78 is 10.6. The first-order valence-corrected chi connectivity index (χ1v) is 22.2. The van der Waals surface area contributed by atoms with Crippen molar-refractivity contribution in [1.29, 1.82) is 0 Å². The van der Waals surface area contributed by atoms with Crippen LogP contribution in [0.5, 0.6) is 0 Å². The molecule has 0 heterocycles. The number of hydrogen-bond donors (Lipinski definition) is 1. The maximum absolute atomic E-state index is 12.2.